The maximum atomic E-state index is 12.0. The van der Waals surface area contributed by atoms with E-state index in [1.807, 2.05) is 0 Å². The number of terminal acetylenes is 1. The number of ether oxygens (including phenoxy) is 1. The van der Waals surface area contributed by atoms with E-state index in [4.69, 9.17) is 6.42 Å². The van der Waals surface area contributed by atoms with Gasteiger partial charge < -0.3 is 4.74 Å². The minimum atomic E-state index is -3.57. The SMILES string of the molecule is C#CC(C)NS(=O)(=O)C1CCCC1C(=O)OC. The standard InChI is InChI=1S/C11H17NO4S/c1-4-8(2)12-17(14,15)10-7-5-6-9(10)11(13)16-3/h1,8-10,12H,5-7H2,2-3H3. The smallest absolute Gasteiger partial charge is 0.310 e. The zero-order valence-corrected chi connectivity index (χ0v) is 10.8. The Balaban J connectivity index is 2.84. The molecule has 1 aliphatic rings. The molecule has 0 bridgehead atoms. The molecule has 0 amide bonds. The summed E-state index contributed by atoms with van der Waals surface area (Å²) in [6.45, 7) is 1.58. The van der Waals surface area contributed by atoms with E-state index < -0.39 is 33.2 Å². The summed E-state index contributed by atoms with van der Waals surface area (Å²) in [6.07, 6.45) is 6.84. The van der Waals surface area contributed by atoms with Gasteiger partial charge in [0, 0.05) is 0 Å². The average molecular weight is 259 g/mol. The number of methoxy groups -OCH3 is 1. The number of nitrogens with one attached hydrogen (secondary N) is 1. The predicted octanol–water partition coefficient (Wildman–Crippen LogP) is 0.269. The Hall–Kier alpha value is -1.06. The van der Waals surface area contributed by atoms with Gasteiger partial charge in [-0.15, -0.1) is 6.42 Å². The first-order chi connectivity index (χ1) is 7.92. The summed E-state index contributed by atoms with van der Waals surface area (Å²) >= 11 is 0. The van der Waals surface area contributed by atoms with Crippen molar-refractivity contribution in [3.05, 3.63) is 0 Å². The number of rotatable bonds is 4. The summed E-state index contributed by atoms with van der Waals surface area (Å²) < 4.78 is 31.0. The van der Waals surface area contributed by atoms with Gasteiger partial charge in [0.15, 0.2) is 0 Å². The molecule has 0 aliphatic heterocycles. The van der Waals surface area contributed by atoms with Crippen LogP contribution in [0.5, 0.6) is 0 Å². The lowest BCUT2D eigenvalue weighted by atomic mass is 10.1. The Labute approximate surface area is 102 Å². The number of carbonyl (C=O) groups is 1. The minimum absolute atomic E-state index is 0.465. The van der Waals surface area contributed by atoms with E-state index >= 15 is 0 Å². The molecule has 1 N–H and O–H groups in total. The van der Waals surface area contributed by atoms with Crippen molar-refractivity contribution in [2.75, 3.05) is 7.11 Å². The van der Waals surface area contributed by atoms with E-state index in [1.54, 1.807) is 6.92 Å². The third kappa shape index (κ3) is 3.20. The Morgan fingerprint density at radius 3 is 2.71 bits per heavy atom. The van der Waals surface area contributed by atoms with Crippen LogP contribution in [0.15, 0.2) is 0 Å². The molecule has 0 aromatic heterocycles. The molecule has 1 saturated carbocycles. The minimum Gasteiger partial charge on any atom is -0.469 e. The lowest BCUT2D eigenvalue weighted by Crippen LogP contribution is -2.42. The van der Waals surface area contributed by atoms with E-state index in [9.17, 15) is 13.2 Å². The van der Waals surface area contributed by atoms with Crippen molar-refractivity contribution < 1.29 is 17.9 Å². The normalized spacial score (nSPS) is 26.2. The molecule has 3 atom stereocenters. The van der Waals surface area contributed by atoms with Crippen LogP contribution < -0.4 is 4.72 Å². The zero-order chi connectivity index (χ0) is 13.1. The van der Waals surface area contributed by atoms with E-state index in [0.29, 0.717) is 19.3 Å². The van der Waals surface area contributed by atoms with E-state index in [0.717, 1.165) is 0 Å². The second-order valence-corrected chi connectivity index (χ2v) is 6.08. The van der Waals surface area contributed by atoms with E-state index in [2.05, 4.69) is 15.4 Å². The van der Waals surface area contributed by atoms with Crippen molar-refractivity contribution in [2.45, 2.75) is 37.5 Å². The van der Waals surface area contributed by atoms with Crippen LogP contribution >= 0.6 is 0 Å². The van der Waals surface area contributed by atoms with E-state index in [1.165, 1.54) is 7.11 Å². The summed E-state index contributed by atoms with van der Waals surface area (Å²) in [6, 6.07) is -0.570. The molecule has 0 radical (unpaired) electrons. The van der Waals surface area contributed by atoms with Crippen molar-refractivity contribution in [3.8, 4) is 12.3 Å². The van der Waals surface area contributed by atoms with Gasteiger partial charge in [0.05, 0.1) is 24.3 Å². The monoisotopic (exact) mass is 259 g/mol. The molecule has 0 aromatic carbocycles. The van der Waals surface area contributed by atoms with Gasteiger partial charge in [-0.25, -0.2) is 13.1 Å². The topological polar surface area (TPSA) is 72.5 Å². The molecule has 0 spiro atoms. The quantitative estimate of drug-likeness (QED) is 0.581. The Morgan fingerprint density at radius 1 is 1.53 bits per heavy atom. The highest BCUT2D eigenvalue weighted by Gasteiger charge is 2.42. The van der Waals surface area contributed by atoms with Gasteiger partial charge in [-0.3, -0.25) is 4.79 Å². The molecule has 0 aromatic rings. The molecule has 1 fully saturated rings. The maximum Gasteiger partial charge on any atom is 0.310 e. The number of hydrogen-bond donors (Lipinski definition) is 1. The summed E-state index contributed by atoms with van der Waals surface area (Å²) in [5.74, 6) is 1.25. The largest absolute Gasteiger partial charge is 0.469 e. The fourth-order valence-corrected chi connectivity index (χ4v) is 3.98. The highest BCUT2D eigenvalue weighted by molar-refractivity contribution is 7.90. The maximum absolute atomic E-state index is 12.0. The van der Waals surface area contributed by atoms with Gasteiger partial charge >= 0.3 is 5.97 Å². The number of hydrogen-bond acceptors (Lipinski definition) is 4. The molecule has 5 nitrogen and oxygen atoms in total. The summed E-state index contributed by atoms with van der Waals surface area (Å²) in [5, 5.41) is -0.731. The van der Waals surface area contributed by atoms with E-state index in [-0.39, 0.29) is 0 Å². The van der Waals surface area contributed by atoms with Crippen molar-refractivity contribution in [3.63, 3.8) is 0 Å². The Kier molecular flexibility index (Phi) is 4.54. The average Bonchev–Trinajstić information content (AvgIpc) is 2.76. The predicted molar refractivity (Wildman–Crippen MR) is 63.5 cm³/mol. The van der Waals surface area contributed by atoms with Gasteiger partial charge in [0.1, 0.15) is 0 Å². The number of esters is 1. The van der Waals surface area contributed by atoms with Gasteiger partial charge in [-0.1, -0.05) is 12.3 Å². The zero-order valence-electron chi connectivity index (χ0n) is 9.97. The highest BCUT2D eigenvalue weighted by Crippen LogP contribution is 2.31. The van der Waals surface area contributed by atoms with Crippen molar-refractivity contribution in [1.82, 2.24) is 4.72 Å². The van der Waals surface area contributed by atoms with Crippen LogP contribution in [0.2, 0.25) is 0 Å². The lowest BCUT2D eigenvalue weighted by molar-refractivity contribution is -0.145. The molecule has 17 heavy (non-hydrogen) atoms. The van der Waals surface area contributed by atoms with Crippen molar-refractivity contribution in [2.24, 2.45) is 5.92 Å². The molecule has 1 aliphatic carbocycles. The highest BCUT2D eigenvalue weighted by atomic mass is 32.2. The van der Waals surface area contributed by atoms with Crippen LogP contribution in [0.4, 0.5) is 0 Å². The third-order valence-corrected chi connectivity index (χ3v) is 4.99. The summed E-state index contributed by atoms with van der Waals surface area (Å²) in [4.78, 5) is 11.5. The van der Waals surface area contributed by atoms with Gasteiger partial charge in [0.25, 0.3) is 0 Å². The Morgan fingerprint density at radius 2 is 2.18 bits per heavy atom. The van der Waals surface area contributed by atoms with Gasteiger partial charge in [-0.2, -0.15) is 0 Å². The van der Waals surface area contributed by atoms with Crippen LogP contribution in [-0.4, -0.2) is 32.8 Å². The summed E-state index contributed by atoms with van der Waals surface area (Å²) in [5.41, 5.74) is 0. The van der Waals surface area contributed by atoms with Crippen molar-refractivity contribution >= 4 is 16.0 Å². The molecular formula is C11H17NO4S. The van der Waals surface area contributed by atoms with Crippen LogP contribution in [-0.2, 0) is 19.6 Å². The Bertz CT molecular complexity index is 423. The first kappa shape index (κ1) is 14.0. The second kappa shape index (κ2) is 5.52. The third-order valence-electron chi connectivity index (χ3n) is 2.95. The van der Waals surface area contributed by atoms with Crippen molar-refractivity contribution in [1.29, 1.82) is 0 Å². The molecule has 6 heteroatoms. The lowest BCUT2D eigenvalue weighted by Gasteiger charge is -2.19. The number of carbonyl (C=O) groups excluding carboxylic acids is 1. The van der Waals surface area contributed by atoms with Crippen LogP contribution in [0.1, 0.15) is 26.2 Å². The fourth-order valence-electron chi connectivity index (χ4n) is 2.09. The van der Waals surface area contributed by atoms with Gasteiger partial charge in [-0.05, 0) is 19.8 Å². The molecule has 96 valence electrons. The van der Waals surface area contributed by atoms with Gasteiger partial charge in [0.2, 0.25) is 10.0 Å². The summed E-state index contributed by atoms with van der Waals surface area (Å²) in [7, 11) is -2.30. The van der Waals surface area contributed by atoms with Crippen LogP contribution in [0.3, 0.4) is 0 Å². The molecule has 0 heterocycles. The number of sulfonamides is 1. The first-order valence-electron chi connectivity index (χ1n) is 5.47. The molecule has 0 saturated heterocycles. The van der Waals surface area contributed by atoms with Crippen LogP contribution in [0, 0.1) is 18.3 Å². The van der Waals surface area contributed by atoms with Crippen LogP contribution in [0.25, 0.3) is 0 Å². The molecule has 1 rings (SSSR count). The molecular weight excluding hydrogens is 242 g/mol. The molecule has 3 unspecified atom stereocenters. The first-order valence-corrected chi connectivity index (χ1v) is 7.02. The second-order valence-electron chi connectivity index (χ2n) is 4.15. The fraction of sp³-hybridized carbons (Fsp3) is 0.727.